The standard InChI is InChI=1S/C14H16F2N2O2/c15-14(16)9-18(13(19)20)11-6-7-17(12(11)14)8-10-4-2-1-3-5-10/h1-5,11-12H,6-9H2,(H,19,20). The first kappa shape index (κ1) is 13.3. The van der Waals surface area contributed by atoms with Crippen LogP contribution in [0.5, 0.6) is 0 Å². The van der Waals surface area contributed by atoms with E-state index < -0.39 is 30.6 Å². The Kier molecular flexibility index (Phi) is 3.12. The summed E-state index contributed by atoms with van der Waals surface area (Å²) in [7, 11) is 0. The molecule has 0 spiro atoms. The zero-order valence-electron chi connectivity index (χ0n) is 10.9. The first-order valence-corrected chi connectivity index (χ1v) is 6.64. The van der Waals surface area contributed by atoms with E-state index in [1.165, 1.54) is 0 Å². The van der Waals surface area contributed by atoms with Gasteiger partial charge in [0.15, 0.2) is 0 Å². The van der Waals surface area contributed by atoms with Gasteiger partial charge in [-0.2, -0.15) is 0 Å². The smallest absolute Gasteiger partial charge is 0.407 e. The van der Waals surface area contributed by atoms with Crippen molar-refractivity contribution in [2.45, 2.75) is 31.0 Å². The lowest BCUT2D eigenvalue weighted by Gasteiger charge is -2.27. The van der Waals surface area contributed by atoms with Gasteiger partial charge in [0.05, 0.1) is 18.6 Å². The summed E-state index contributed by atoms with van der Waals surface area (Å²) in [5.74, 6) is -2.98. The SMILES string of the molecule is O=C(O)N1CC(F)(F)C2C1CCN2Cc1ccccc1. The molecule has 2 aliphatic rings. The second-order valence-electron chi connectivity index (χ2n) is 5.43. The van der Waals surface area contributed by atoms with Crippen LogP contribution in [0.25, 0.3) is 0 Å². The zero-order chi connectivity index (χ0) is 14.3. The van der Waals surface area contributed by atoms with Crippen molar-refractivity contribution in [3.05, 3.63) is 35.9 Å². The Bertz CT molecular complexity index is 509. The number of hydrogen-bond acceptors (Lipinski definition) is 2. The number of fused-ring (bicyclic) bond motifs is 1. The Morgan fingerprint density at radius 3 is 2.70 bits per heavy atom. The molecule has 2 heterocycles. The van der Waals surface area contributed by atoms with Crippen molar-refractivity contribution in [2.75, 3.05) is 13.1 Å². The Morgan fingerprint density at radius 2 is 2.05 bits per heavy atom. The lowest BCUT2D eigenvalue weighted by molar-refractivity contribution is -0.0460. The Labute approximate surface area is 115 Å². The molecule has 0 aromatic heterocycles. The molecule has 20 heavy (non-hydrogen) atoms. The molecule has 1 aromatic rings. The van der Waals surface area contributed by atoms with Crippen LogP contribution in [0.4, 0.5) is 13.6 Å². The van der Waals surface area contributed by atoms with Gasteiger partial charge >= 0.3 is 6.09 Å². The van der Waals surface area contributed by atoms with Gasteiger partial charge < -0.3 is 5.11 Å². The van der Waals surface area contributed by atoms with E-state index in [0.717, 1.165) is 10.5 Å². The number of likely N-dealkylation sites (tertiary alicyclic amines) is 2. The average molecular weight is 282 g/mol. The second kappa shape index (κ2) is 4.70. The highest BCUT2D eigenvalue weighted by molar-refractivity contribution is 5.66. The average Bonchev–Trinajstić information content (AvgIpc) is 2.92. The zero-order valence-corrected chi connectivity index (χ0v) is 10.9. The number of nitrogens with zero attached hydrogens (tertiary/aromatic N) is 2. The summed E-state index contributed by atoms with van der Waals surface area (Å²) in [5, 5.41) is 9.04. The monoisotopic (exact) mass is 282 g/mol. The lowest BCUT2D eigenvalue weighted by Crippen LogP contribution is -2.44. The predicted octanol–water partition coefficient (Wildman–Crippen LogP) is 2.26. The van der Waals surface area contributed by atoms with Crippen LogP contribution in [-0.2, 0) is 6.54 Å². The van der Waals surface area contributed by atoms with E-state index in [2.05, 4.69) is 0 Å². The number of hydrogen-bond donors (Lipinski definition) is 1. The van der Waals surface area contributed by atoms with Gasteiger partial charge in [-0.15, -0.1) is 0 Å². The maximum atomic E-state index is 14.1. The summed E-state index contributed by atoms with van der Waals surface area (Å²) in [6, 6.07) is 7.83. The van der Waals surface area contributed by atoms with Crippen LogP contribution in [0, 0.1) is 0 Å². The third kappa shape index (κ3) is 2.14. The number of rotatable bonds is 2. The van der Waals surface area contributed by atoms with E-state index in [9.17, 15) is 13.6 Å². The molecule has 2 unspecified atom stereocenters. The van der Waals surface area contributed by atoms with Crippen molar-refractivity contribution in [1.82, 2.24) is 9.80 Å². The quantitative estimate of drug-likeness (QED) is 0.905. The number of alkyl halides is 2. The summed E-state index contributed by atoms with van der Waals surface area (Å²) in [6.07, 6.45) is -0.780. The molecular weight excluding hydrogens is 266 g/mol. The molecule has 0 aliphatic carbocycles. The highest BCUT2D eigenvalue weighted by Gasteiger charge is 2.60. The van der Waals surface area contributed by atoms with Crippen molar-refractivity contribution in [2.24, 2.45) is 0 Å². The minimum atomic E-state index is -2.98. The highest BCUT2D eigenvalue weighted by Crippen LogP contribution is 2.41. The van der Waals surface area contributed by atoms with Crippen LogP contribution in [0.2, 0.25) is 0 Å². The topological polar surface area (TPSA) is 43.8 Å². The number of carboxylic acid groups (broad SMARTS) is 1. The van der Waals surface area contributed by atoms with Crippen molar-refractivity contribution in [3.63, 3.8) is 0 Å². The molecule has 3 rings (SSSR count). The van der Waals surface area contributed by atoms with E-state index in [-0.39, 0.29) is 0 Å². The molecule has 1 aromatic carbocycles. The van der Waals surface area contributed by atoms with Gasteiger partial charge in [-0.05, 0) is 12.0 Å². The van der Waals surface area contributed by atoms with Crippen molar-refractivity contribution in [1.29, 1.82) is 0 Å². The van der Waals surface area contributed by atoms with Crippen LogP contribution >= 0.6 is 0 Å². The predicted molar refractivity (Wildman–Crippen MR) is 68.7 cm³/mol. The molecule has 6 heteroatoms. The second-order valence-corrected chi connectivity index (χ2v) is 5.43. The van der Waals surface area contributed by atoms with Gasteiger partial charge in [0.2, 0.25) is 0 Å². The van der Waals surface area contributed by atoms with Crippen LogP contribution < -0.4 is 0 Å². The highest BCUT2D eigenvalue weighted by atomic mass is 19.3. The third-order valence-electron chi connectivity index (χ3n) is 4.16. The van der Waals surface area contributed by atoms with Gasteiger partial charge in [0.25, 0.3) is 5.92 Å². The normalized spacial score (nSPS) is 28.6. The number of benzene rings is 1. The molecular formula is C14H16F2N2O2. The third-order valence-corrected chi connectivity index (χ3v) is 4.16. The summed E-state index contributed by atoms with van der Waals surface area (Å²) < 4.78 is 28.2. The minimum absolute atomic E-state index is 0.436. The van der Waals surface area contributed by atoms with E-state index in [1.807, 2.05) is 30.3 Å². The first-order chi connectivity index (χ1) is 9.49. The molecule has 2 aliphatic heterocycles. The van der Waals surface area contributed by atoms with Crippen LogP contribution in [0.15, 0.2) is 30.3 Å². The number of halogens is 2. The summed E-state index contributed by atoms with van der Waals surface area (Å²) in [6.45, 7) is 0.248. The van der Waals surface area contributed by atoms with Crippen LogP contribution in [0.3, 0.4) is 0 Å². The molecule has 4 nitrogen and oxygen atoms in total. The molecule has 2 saturated heterocycles. The van der Waals surface area contributed by atoms with Crippen molar-refractivity contribution in [3.8, 4) is 0 Å². The lowest BCUT2D eigenvalue weighted by atomic mass is 10.1. The van der Waals surface area contributed by atoms with Crippen molar-refractivity contribution >= 4 is 6.09 Å². The van der Waals surface area contributed by atoms with Crippen molar-refractivity contribution < 1.29 is 18.7 Å². The maximum absolute atomic E-state index is 14.1. The van der Waals surface area contributed by atoms with Gasteiger partial charge in [-0.3, -0.25) is 9.80 Å². The Morgan fingerprint density at radius 1 is 1.35 bits per heavy atom. The Hall–Kier alpha value is -1.69. The number of amides is 1. The van der Waals surface area contributed by atoms with E-state index in [0.29, 0.717) is 19.5 Å². The van der Waals surface area contributed by atoms with Crippen LogP contribution in [0.1, 0.15) is 12.0 Å². The molecule has 2 atom stereocenters. The molecule has 0 bridgehead atoms. The fourth-order valence-corrected chi connectivity index (χ4v) is 3.36. The molecule has 0 radical (unpaired) electrons. The summed E-state index contributed by atoms with van der Waals surface area (Å²) in [4.78, 5) is 13.7. The van der Waals surface area contributed by atoms with E-state index >= 15 is 0 Å². The fraction of sp³-hybridized carbons (Fsp3) is 0.500. The molecule has 1 amide bonds. The van der Waals surface area contributed by atoms with Gasteiger partial charge in [-0.25, -0.2) is 13.6 Å². The van der Waals surface area contributed by atoms with Crippen LogP contribution in [-0.4, -0.2) is 52.1 Å². The molecule has 2 fully saturated rings. The number of carbonyl (C=O) groups is 1. The van der Waals surface area contributed by atoms with E-state index in [4.69, 9.17) is 5.11 Å². The first-order valence-electron chi connectivity index (χ1n) is 6.64. The summed E-state index contributed by atoms with van der Waals surface area (Å²) in [5.41, 5.74) is 0.970. The molecule has 1 N–H and O–H groups in total. The maximum Gasteiger partial charge on any atom is 0.407 e. The minimum Gasteiger partial charge on any atom is -0.465 e. The van der Waals surface area contributed by atoms with Gasteiger partial charge in [-0.1, -0.05) is 30.3 Å². The largest absolute Gasteiger partial charge is 0.465 e. The Balaban J connectivity index is 1.81. The van der Waals surface area contributed by atoms with E-state index in [1.54, 1.807) is 4.90 Å². The molecule has 108 valence electrons. The van der Waals surface area contributed by atoms with Gasteiger partial charge in [0, 0.05) is 13.1 Å². The fourth-order valence-electron chi connectivity index (χ4n) is 3.36. The summed E-state index contributed by atoms with van der Waals surface area (Å²) >= 11 is 0. The molecule has 0 saturated carbocycles. The van der Waals surface area contributed by atoms with Gasteiger partial charge in [0.1, 0.15) is 0 Å².